The molecule has 6 nitrogen and oxygen atoms in total. The Morgan fingerprint density at radius 3 is 3.08 bits per heavy atom. The first-order valence-electron chi connectivity index (χ1n) is 7.91. The molecule has 1 aliphatic rings. The van der Waals surface area contributed by atoms with Crippen LogP contribution in [-0.4, -0.2) is 50.3 Å². The lowest BCUT2D eigenvalue weighted by molar-refractivity contribution is 0.0765. The molecule has 7 heteroatoms. The summed E-state index contributed by atoms with van der Waals surface area (Å²) in [6, 6.07) is 7.56. The molecular formula is C17H18N4O2S. The average Bonchev–Trinajstić information content (AvgIpc) is 3.27. The quantitative estimate of drug-likeness (QED) is 0.763. The number of fused-ring (bicyclic) bond motifs is 1. The van der Waals surface area contributed by atoms with Crippen molar-refractivity contribution >= 4 is 27.5 Å². The molecule has 2 atom stereocenters. The number of amides is 1. The smallest absolute Gasteiger partial charge is 0.254 e. The van der Waals surface area contributed by atoms with Gasteiger partial charge in [-0.3, -0.25) is 9.89 Å². The van der Waals surface area contributed by atoms with E-state index in [9.17, 15) is 9.90 Å². The summed E-state index contributed by atoms with van der Waals surface area (Å²) in [7, 11) is 0. The zero-order valence-corrected chi connectivity index (χ0v) is 14.1. The highest BCUT2D eigenvalue weighted by Crippen LogP contribution is 2.25. The van der Waals surface area contributed by atoms with Crippen molar-refractivity contribution in [3.63, 3.8) is 0 Å². The van der Waals surface area contributed by atoms with Crippen LogP contribution in [-0.2, 0) is 6.42 Å². The monoisotopic (exact) mass is 342 g/mol. The lowest BCUT2D eigenvalue weighted by Crippen LogP contribution is -2.29. The third-order valence-corrected chi connectivity index (χ3v) is 5.31. The lowest BCUT2D eigenvalue weighted by atomic mass is 10.0. The molecule has 1 saturated heterocycles. The fraction of sp³-hybridized carbons (Fsp3) is 0.353. The highest BCUT2D eigenvalue weighted by molar-refractivity contribution is 7.16. The fourth-order valence-electron chi connectivity index (χ4n) is 3.24. The zero-order valence-electron chi connectivity index (χ0n) is 13.3. The van der Waals surface area contributed by atoms with Crippen molar-refractivity contribution in [2.75, 3.05) is 13.1 Å². The number of rotatable bonds is 3. The number of nitrogens with one attached hydrogen (secondary N) is 1. The van der Waals surface area contributed by atoms with Crippen LogP contribution in [0.4, 0.5) is 0 Å². The van der Waals surface area contributed by atoms with Gasteiger partial charge >= 0.3 is 0 Å². The molecule has 0 unspecified atom stereocenters. The molecular weight excluding hydrogens is 324 g/mol. The van der Waals surface area contributed by atoms with Gasteiger partial charge in [-0.1, -0.05) is 0 Å². The van der Waals surface area contributed by atoms with E-state index in [-0.39, 0.29) is 11.8 Å². The first-order chi connectivity index (χ1) is 11.6. The number of hydrogen-bond acceptors (Lipinski definition) is 5. The van der Waals surface area contributed by atoms with Crippen molar-refractivity contribution in [2.45, 2.75) is 19.4 Å². The molecule has 0 spiro atoms. The number of β-amino-alcohol motifs (C(OH)–C–C–N with tert-alkyl or cyclic N) is 1. The highest BCUT2D eigenvalue weighted by atomic mass is 32.1. The predicted molar refractivity (Wildman–Crippen MR) is 92.0 cm³/mol. The van der Waals surface area contributed by atoms with Crippen LogP contribution in [0, 0.1) is 12.8 Å². The van der Waals surface area contributed by atoms with Crippen LogP contribution in [0.5, 0.6) is 0 Å². The van der Waals surface area contributed by atoms with Gasteiger partial charge in [-0.25, -0.2) is 4.98 Å². The van der Waals surface area contributed by atoms with Crippen molar-refractivity contribution in [2.24, 2.45) is 5.92 Å². The number of aromatic amines is 1. The average molecular weight is 342 g/mol. The maximum absolute atomic E-state index is 12.7. The van der Waals surface area contributed by atoms with E-state index in [1.54, 1.807) is 21.7 Å². The molecule has 0 saturated carbocycles. The standard InChI is InChI=1S/C17H18N4O2S/c1-10-4-13(20-19-10)5-12-7-21(8-15(12)22)17(23)11-2-3-16-14(6-11)18-9-24-16/h2-4,6,9,12,15,22H,5,7-8H2,1H3,(H,19,20)/t12-,15-/m1/s1. The van der Waals surface area contributed by atoms with Crippen LogP contribution in [0.25, 0.3) is 10.2 Å². The van der Waals surface area contributed by atoms with Gasteiger partial charge in [-0.15, -0.1) is 11.3 Å². The van der Waals surface area contributed by atoms with E-state index < -0.39 is 6.10 Å². The van der Waals surface area contributed by atoms with Gasteiger partial charge in [0.2, 0.25) is 0 Å². The Morgan fingerprint density at radius 1 is 1.42 bits per heavy atom. The third-order valence-electron chi connectivity index (χ3n) is 4.50. The van der Waals surface area contributed by atoms with E-state index in [2.05, 4.69) is 15.2 Å². The van der Waals surface area contributed by atoms with Crippen molar-refractivity contribution in [1.29, 1.82) is 0 Å². The number of aliphatic hydroxyl groups excluding tert-OH is 1. The summed E-state index contributed by atoms with van der Waals surface area (Å²) in [5.74, 6) is -0.0377. The molecule has 0 radical (unpaired) electrons. The second kappa shape index (κ2) is 5.99. The topological polar surface area (TPSA) is 82.1 Å². The van der Waals surface area contributed by atoms with Crippen LogP contribution in [0.3, 0.4) is 0 Å². The molecule has 3 aromatic rings. The molecule has 0 bridgehead atoms. The summed E-state index contributed by atoms with van der Waals surface area (Å²) in [5.41, 5.74) is 5.17. The van der Waals surface area contributed by atoms with Crippen molar-refractivity contribution in [3.8, 4) is 0 Å². The maximum Gasteiger partial charge on any atom is 0.254 e. The zero-order chi connectivity index (χ0) is 16.7. The van der Waals surface area contributed by atoms with Gasteiger partial charge in [-0.2, -0.15) is 5.10 Å². The Hall–Kier alpha value is -2.25. The molecule has 3 heterocycles. The van der Waals surface area contributed by atoms with Crippen molar-refractivity contribution in [3.05, 3.63) is 46.7 Å². The summed E-state index contributed by atoms with van der Waals surface area (Å²) in [5, 5.41) is 17.5. The Labute approximate surface area is 143 Å². The van der Waals surface area contributed by atoms with Crippen LogP contribution in [0.2, 0.25) is 0 Å². The maximum atomic E-state index is 12.7. The summed E-state index contributed by atoms with van der Waals surface area (Å²) >= 11 is 1.56. The van der Waals surface area contributed by atoms with E-state index in [1.807, 2.05) is 31.2 Å². The van der Waals surface area contributed by atoms with Gasteiger partial charge in [-0.05, 0) is 37.6 Å². The Balaban J connectivity index is 1.49. The minimum absolute atomic E-state index is 0.0136. The van der Waals surface area contributed by atoms with E-state index in [0.717, 1.165) is 21.6 Å². The largest absolute Gasteiger partial charge is 0.391 e. The summed E-state index contributed by atoms with van der Waals surface area (Å²) < 4.78 is 1.07. The SMILES string of the molecule is Cc1cc(C[C@@H]2CN(C(=O)c3ccc4scnc4c3)C[C@H]2O)n[nH]1. The number of likely N-dealkylation sites (tertiary alicyclic amines) is 1. The molecule has 0 aliphatic carbocycles. The highest BCUT2D eigenvalue weighted by Gasteiger charge is 2.34. The molecule has 124 valence electrons. The lowest BCUT2D eigenvalue weighted by Gasteiger charge is -2.16. The van der Waals surface area contributed by atoms with Gasteiger partial charge in [0, 0.05) is 30.3 Å². The first kappa shape index (κ1) is 15.3. The minimum Gasteiger partial charge on any atom is -0.391 e. The number of hydrogen-bond donors (Lipinski definition) is 2. The van der Waals surface area contributed by atoms with Crippen LogP contribution < -0.4 is 0 Å². The number of H-pyrrole nitrogens is 1. The Bertz CT molecular complexity index is 887. The number of aryl methyl sites for hydroxylation is 1. The van der Waals surface area contributed by atoms with E-state index in [4.69, 9.17) is 0 Å². The number of benzene rings is 1. The molecule has 2 N–H and O–H groups in total. The van der Waals surface area contributed by atoms with Gasteiger partial charge in [0.15, 0.2) is 0 Å². The molecule has 1 fully saturated rings. The molecule has 2 aromatic heterocycles. The number of aliphatic hydroxyl groups is 1. The molecule has 24 heavy (non-hydrogen) atoms. The Morgan fingerprint density at radius 2 is 2.29 bits per heavy atom. The van der Waals surface area contributed by atoms with Crippen LogP contribution >= 0.6 is 11.3 Å². The second-order valence-corrected chi connectivity index (χ2v) is 7.21. The molecule has 1 amide bonds. The van der Waals surface area contributed by atoms with Crippen molar-refractivity contribution in [1.82, 2.24) is 20.1 Å². The third kappa shape index (κ3) is 2.81. The Kier molecular flexibility index (Phi) is 3.82. The van der Waals surface area contributed by atoms with Crippen LogP contribution in [0.15, 0.2) is 29.8 Å². The normalized spacial score (nSPS) is 20.8. The number of aromatic nitrogens is 3. The summed E-state index contributed by atoms with van der Waals surface area (Å²) in [6.45, 7) is 2.86. The number of thiazole rings is 1. The second-order valence-electron chi connectivity index (χ2n) is 6.32. The number of nitrogens with zero attached hydrogens (tertiary/aromatic N) is 3. The van der Waals surface area contributed by atoms with Gasteiger partial charge in [0.05, 0.1) is 27.5 Å². The number of carbonyl (C=O) groups is 1. The van der Waals surface area contributed by atoms with Gasteiger partial charge < -0.3 is 10.0 Å². The molecule has 4 rings (SSSR count). The first-order valence-corrected chi connectivity index (χ1v) is 8.79. The molecule has 1 aromatic carbocycles. The van der Waals surface area contributed by atoms with E-state index >= 15 is 0 Å². The minimum atomic E-state index is -0.519. The predicted octanol–water partition coefficient (Wildman–Crippen LogP) is 2.00. The van der Waals surface area contributed by atoms with Crippen molar-refractivity contribution < 1.29 is 9.90 Å². The van der Waals surface area contributed by atoms with E-state index in [0.29, 0.717) is 25.1 Å². The van der Waals surface area contributed by atoms with Gasteiger partial charge in [0.25, 0.3) is 5.91 Å². The summed E-state index contributed by atoms with van der Waals surface area (Å²) in [6.07, 6.45) is 0.148. The van der Waals surface area contributed by atoms with Gasteiger partial charge in [0.1, 0.15) is 0 Å². The molecule has 1 aliphatic heterocycles. The fourth-order valence-corrected chi connectivity index (χ4v) is 3.90. The summed E-state index contributed by atoms with van der Waals surface area (Å²) in [4.78, 5) is 18.7. The van der Waals surface area contributed by atoms with Crippen LogP contribution in [0.1, 0.15) is 21.7 Å². The number of carbonyl (C=O) groups excluding carboxylic acids is 1. The van der Waals surface area contributed by atoms with E-state index in [1.165, 1.54) is 0 Å².